The Kier molecular flexibility index (Phi) is 7.74. The summed E-state index contributed by atoms with van der Waals surface area (Å²) in [5.41, 5.74) is 3.96. The summed E-state index contributed by atoms with van der Waals surface area (Å²) < 4.78 is 74.9. The smallest absolute Gasteiger partial charge is 0.299 e. The van der Waals surface area contributed by atoms with Crippen molar-refractivity contribution in [3.05, 3.63) is 40.1 Å². The minimum absolute atomic E-state index is 0.00162. The molecule has 2 aliphatic heterocycles. The number of likely N-dealkylation sites (tertiary alicyclic amines) is 1. The maximum Gasteiger partial charge on any atom is 0.418 e. The molecular weight excluding hydrogens is 543 g/mol. The van der Waals surface area contributed by atoms with Crippen LogP contribution in [-0.2, 0) is 12.7 Å². The van der Waals surface area contributed by atoms with Crippen molar-refractivity contribution in [3.63, 3.8) is 0 Å². The molecule has 2 N–H and O–H groups in total. The lowest BCUT2D eigenvalue weighted by atomic mass is 9.64. The van der Waals surface area contributed by atoms with Crippen LogP contribution in [0.2, 0.25) is 0 Å². The highest BCUT2D eigenvalue weighted by atomic mass is 19.4. The number of pyridine rings is 1. The van der Waals surface area contributed by atoms with E-state index in [0.717, 1.165) is 29.7 Å². The van der Waals surface area contributed by atoms with Crippen molar-refractivity contribution >= 4 is 5.52 Å². The molecule has 4 unspecified atom stereocenters. The Labute approximate surface area is 237 Å². The number of imidazole rings is 1. The van der Waals surface area contributed by atoms with Gasteiger partial charge in [0.15, 0.2) is 0 Å². The number of hydrogen-bond acceptors (Lipinski definition) is 5. The highest BCUT2D eigenvalue weighted by Crippen LogP contribution is 2.47. The van der Waals surface area contributed by atoms with E-state index in [4.69, 9.17) is 0 Å². The molecule has 5 atom stereocenters. The monoisotopic (exact) mass is 584 g/mol. The molecule has 7 nitrogen and oxygen atoms in total. The number of halogens is 5. The second kappa shape index (κ2) is 10.9. The molecule has 6 rings (SSSR count). The molecule has 2 saturated heterocycles. The fourth-order valence-corrected chi connectivity index (χ4v) is 7.68. The SMILES string of the molecule is CN1CNNC1[C@H](C1CCC1)C1CC(F)CC(n2cc3c(C(F)(F)F)cc(CN4CCC(C)(F)CC4)cn3c2=O)C1. The van der Waals surface area contributed by atoms with Crippen molar-refractivity contribution in [1.82, 2.24) is 29.6 Å². The van der Waals surface area contributed by atoms with Crippen molar-refractivity contribution in [3.8, 4) is 0 Å². The first-order valence-electron chi connectivity index (χ1n) is 15.0. The van der Waals surface area contributed by atoms with E-state index >= 15 is 4.39 Å². The molecule has 0 radical (unpaired) electrons. The van der Waals surface area contributed by atoms with Crippen molar-refractivity contribution in [2.24, 2.45) is 17.8 Å². The Balaban J connectivity index is 1.31. The average molecular weight is 585 g/mol. The topological polar surface area (TPSA) is 56.9 Å². The number of alkyl halides is 5. The molecule has 41 heavy (non-hydrogen) atoms. The molecule has 12 heteroatoms. The van der Waals surface area contributed by atoms with Crippen LogP contribution in [0.5, 0.6) is 0 Å². The largest absolute Gasteiger partial charge is 0.418 e. The number of hydrogen-bond donors (Lipinski definition) is 2. The second-order valence-electron chi connectivity index (χ2n) is 13.2. The van der Waals surface area contributed by atoms with Crippen LogP contribution in [0.25, 0.3) is 5.52 Å². The number of aromatic nitrogens is 2. The van der Waals surface area contributed by atoms with E-state index in [1.54, 1.807) is 6.92 Å². The lowest BCUT2D eigenvalue weighted by molar-refractivity contribution is -0.136. The van der Waals surface area contributed by atoms with Gasteiger partial charge in [-0.1, -0.05) is 19.3 Å². The maximum atomic E-state index is 15.4. The molecule has 2 aromatic heterocycles. The van der Waals surface area contributed by atoms with Crippen LogP contribution in [0.15, 0.2) is 23.3 Å². The third-order valence-electron chi connectivity index (χ3n) is 10.2. The number of nitrogens with one attached hydrogen (secondary N) is 2. The van der Waals surface area contributed by atoms with Gasteiger partial charge in [-0.3, -0.25) is 18.8 Å². The van der Waals surface area contributed by atoms with Crippen LogP contribution in [0.4, 0.5) is 22.0 Å². The van der Waals surface area contributed by atoms with E-state index < -0.39 is 35.3 Å². The molecule has 4 fully saturated rings. The zero-order chi connectivity index (χ0) is 29.1. The molecule has 0 bridgehead atoms. The molecular formula is C29H41F5N6O. The van der Waals surface area contributed by atoms with Crippen LogP contribution < -0.4 is 16.5 Å². The van der Waals surface area contributed by atoms with Crippen molar-refractivity contribution in [2.75, 3.05) is 26.8 Å². The van der Waals surface area contributed by atoms with Gasteiger partial charge in [-0.15, -0.1) is 0 Å². The van der Waals surface area contributed by atoms with Gasteiger partial charge in [-0.25, -0.2) is 24.4 Å². The molecule has 4 aliphatic rings. The summed E-state index contributed by atoms with van der Waals surface area (Å²) >= 11 is 0. The number of fused-ring (bicyclic) bond motifs is 1. The molecule has 228 valence electrons. The fraction of sp³-hybridized carbons (Fsp3) is 0.759. The van der Waals surface area contributed by atoms with Gasteiger partial charge >= 0.3 is 11.9 Å². The third kappa shape index (κ3) is 5.81. The number of nitrogens with zero attached hydrogens (tertiary/aromatic N) is 4. The van der Waals surface area contributed by atoms with Crippen LogP contribution in [0.3, 0.4) is 0 Å². The standard InChI is InChI=1S/C29H41F5N6O/c1-28(31)6-8-38(9-7-28)14-18-10-23(29(32,33)34)24-16-39(27(41)40(24)15-18)22-12-20(11-21(30)13-22)25(19-4-3-5-19)26-36-35-17-37(26)2/h10,15-16,19-22,25-26,35-36H,3-9,11-14,17H2,1-2H3/t20?,21?,22?,25-,26?/m1/s1. The molecule has 2 aromatic rings. The predicted molar refractivity (Wildman–Crippen MR) is 145 cm³/mol. The summed E-state index contributed by atoms with van der Waals surface area (Å²) in [6.07, 6.45) is 2.02. The summed E-state index contributed by atoms with van der Waals surface area (Å²) in [7, 11) is 2.03. The van der Waals surface area contributed by atoms with E-state index in [2.05, 4.69) is 15.8 Å². The molecule has 0 aromatic carbocycles. The first-order valence-corrected chi connectivity index (χ1v) is 15.0. The van der Waals surface area contributed by atoms with Gasteiger partial charge in [-0.2, -0.15) is 13.2 Å². The van der Waals surface area contributed by atoms with E-state index in [9.17, 15) is 22.4 Å². The summed E-state index contributed by atoms with van der Waals surface area (Å²) in [4.78, 5) is 17.8. The molecule has 0 amide bonds. The highest BCUT2D eigenvalue weighted by molar-refractivity contribution is 5.56. The van der Waals surface area contributed by atoms with Crippen LogP contribution in [0.1, 0.15) is 75.5 Å². The second-order valence-corrected chi connectivity index (χ2v) is 13.2. The molecule has 2 aliphatic carbocycles. The van der Waals surface area contributed by atoms with Gasteiger partial charge in [-0.05, 0) is 75.5 Å². The number of piperidine rings is 1. The summed E-state index contributed by atoms with van der Waals surface area (Å²) in [5.74, 6) is 0.646. The zero-order valence-electron chi connectivity index (χ0n) is 23.8. The van der Waals surface area contributed by atoms with E-state index in [1.165, 1.54) is 17.0 Å². The van der Waals surface area contributed by atoms with Gasteiger partial charge in [0, 0.05) is 38.1 Å². The molecule has 0 spiro atoms. The predicted octanol–water partition coefficient (Wildman–Crippen LogP) is 4.86. The average Bonchev–Trinajstić information content (AvgIpc) is 3.44. The summed E-state index contributed by atoms with van der Waals surface area (Å²) in [6, 6.07) is 0.581. The van der Waals surface area contributed by atoms with E-state index in [1.807, 2.05) is 11.9 Å². The van der Waals surface area contributed by atoms with Gasteiger partial charge in [0.25, 0.3) is 0 Å². The van der Waals surface area contributed by atoms with E-state index in [0.29, 0.717) is 56.9 Å². The molecule has 2 saturated carbocycles. The van der Waals surface area contributed by atoms with Crippen molar-refractivity contribution < 1.29 is 22.0 Å². The fourth-order valence-electron chi connectivity index (χ4n) is 7.68. The zero-order valence-corrected chi connectivity index (χ0v) is 23.8. The minimum Gasteiger partial charge on any atom is -0.299 e. The lowest BCUT2D eigenvalue weighted by Crippen LogP contribution is -2.51. The number of rotatable bonds is 6. The quantitative estimate of drug-likeness (QED) is 0.475. The maximum absolute atomic E-state index is 15.4. The van der Waals surface area contributed by atoms with Crippen LogP contribution in [-0.4, -0.2) is 63.6 Å². The van der Waals surface area contributed by atoms with E-state index in [-0.39, 0.29) is 36.5 Å². The Hall–Kier alpha value is -2.02. The first kappa shape index (κ1) is 29.1. The Morgan fingerprint density at radius 3 is 2.44 bits per heavy atom. The third-order valence-corrected chi connectivity index (χ3v) is 10.2. The Morgan fingerprint density at radius 2 is 1.83 bits per heavy atom. The van der Waals surface area contributed by atoms with Crippen LogP contribution >= 0.6 is 0 Å². The van der Waals surface area contributed by atoms with Gasteiger partial charge < -0.3 is 0 Å². The molecule has 4 heterocycles. The van der Waals surface area contributed by atoms with Crippen molar-refractivity contribution in [1.29, 1.82) is 0 Å². The van der Waals surface area contributed by atoms with Gasteiger partial charge in [0.1, 0.15) is 11.8 Å². The Bertz CT molecular complexity index is 1290. The number of hydrazine groups is 1. The first-order chi connectivity index (χ1) is 19.4. The minimum atomic E-state index is -4.67. The van der Waals surface area contributed by atoms with Gasteiger partial charge in [0.2, 0.25) is 0 Å². The van der Waals surface area contributed by atoms with Crippen LogP contribution in [0, 0.1) is 17.8 Å². The van der Waals surface area contributed by atoms with Crippen molar-refractivity contribution in [2.45, 2.75) is 95.1 Å². The van der Waals surface area contributed by atoms with Gasteiger partial charge in [0.05, 0.1) is 23.9 Å². The highest BCUT2D eigenvalue weighted by Gasteiger charge is 2.45. The summed E-state index contributed by atoms with van der Waals surface area (Å²) in [6.45, 7) is 3.30. The normalized spacial score (nSPS) is 31.0. The summed E-state index contributed by atoms with van der Waals surface area (Å²) in [5, 5.41) is 0. The lowest BCUT2D eigenvalue weighted by Gasteiger charge is -2.46. The Morgan fingerprint density at radius 1 is 1.10 bits per heavy atom.